The molecule has 1 aliphatic heterocycles. The number of hydrogen-bond donors (Lipinski definition) is 1. The van der Waals surface area contributed by atoms with Gasteiger partial charge in [0, 0.05) is 18.9 Å². The number of carbonyl (C=O) groups is 5. The lowest BCUT2D eigenvalue weighted by Gasteiger charge is -2.41. The molecule has 0 aliphatic carbocycles. The quantitative estimate of drug-likeness (QED) is 0.169. The lowest BCUT2D eigenvalue weighted by atomic mass is 9.61. The fourth-order valence-electron chi connectivity index (χ4n) is 6.04. The van der Waals surface area contributed by atoms with Gasteiger partial charge in [-0.1, -0.05) is 53.4 Å². The number of carbonyl (C=O) groups excluding carboxylic acids is 5. The molecule has 1 heterocycles. The Morgan fingerprint density at radius 3 is 2.29 bits per heavy atom. The first-order chi connectivity index (χ1) is 19.8. The molecule has 0 saturated carbocycles. The molecule has 1 fully saturated rings. The fraction of sp³-hybridized carbons (Fsp3) is 0.844. The van der Waals surface area contributed by atoms with Crippen LogP contribution in [0.1, 0.15) is 106 Å². The van der Waals surface area contributed by atoms with Gasteiger partial charge < -0.3 is 24.2 Å². The number of likely N-dealkylation sites (tertiary alicyclic amines) is 1. The molecule has 0 aromatic heterocycles. The van der Waals surface area contributed by atoms with Gasteiger partial charge >= 0.3 is 17.9 Å². The second kappa shape index (κ2) is 18.2. The van der Waals surface area contributed by atoms with Gasteiger partial charge in [-0.05, 0) is 51.9 Å². The molecule has 10 heteroatoms. The molecule has 10 nitrogen and oxygen atoms in total. The van der Waals surface area contributed by atoms with Crippen LogP contribution in [0.4, 0.5) is 0 Å². The van der Waals surface area contributed by atoms with E-state index in [1.54, 1.807) is 18.7 Å². The summed E-state index contributed by atoms with van der Waals surface area (Å²) in [6.07, 6.45) is 7.24. The van der Waals surface area contributed by atoms with Crippen LogP contribution in [0.25, 0.3) is 0 Å². The van der Waals surface area contributed by atoms with E-state index in [0.29, 0.717) is 19.4 Å². The third-order valence-electron chi connectivity index (χ3n) is 9.01. The van der Waals surface area contributed by atoms with Gasteiger partial charge in [0.05, 0.1) is 37.0 Å². The predicted octanol–water partition coefficient (Wildman–Crippen LogP) is 4.49. The maximum atomic E-state index is 13.5. The van der Waals surface area contributed by atoms with Gasteiger partial charge in [0.25, 0.3) is 0 Å². The van der Waals surface area contributed by atoms with Crippen molar-refractivity contribution in [1.82, 2.24) is 4.90 Å². The number of aliphatic hydroxyl groups is 1. The molecule has 5 unspecified atom stereocenters. The molecule has 0 aromatic carbocycles. The normalized spacial score (nSPS) is 19.0. The molecule has 0 aromatic rings. The third-order valence-corrected chi connectivity index (χ3v) is 9.01. The molecule has 42 heavy (non-hydrogen) atoms. The first-order valence-electron chi connectivity index (χ1n) is 15.7. The molecule has 1 saturated heterocycles. The van der Waals surface area contributed by atoms with E-state index < -0.39 is 53.0 Å². The van der Waals surface area contributed by atoms with Crippen molar-refractivity contribution in [2.75, 3.05) is 40.0 Å². The zero-order valence-corrected chi connectivity index (χ0v) is 27.0. The predicted molar refractivity (Wildman–Crippen MR) is 158 cm³/mol. The molecule has 242 valence electrons. The Balaban J connectivity index is 3.18. The van der Waals surface area contributed by atoms with E-state index >= 15 is 0 Å². The Labute approximate surface area is 252 Å². The van der Waals surface area contributed by atoms with Crippen molar-refractivity contribution < 1.29 is 43.3 Å². The number of aliphatic hydroxyl groups excluding tert-OH is 1. The largest absolute Gasteiger partial charge is 0.469 e. The Morgan fingerprint density at radius 1 is 1.02 bits per heavy atom. The van der Waals surface area contributed by atoms with E-state index in [2.05, 4.69) is 13.8 Å². The van der Waals surface area contributed by atoms with Crippen LogP contribution in [-0.4, -0.2) is 79.6 Å². The van der Waals surface area contributed by atoms with Gasteiger partial charge in [0.15, 0.2) is 5.78 Å². The van der Waals surface area contributed by atoms with Crippen molar-refractivity contribution in [3.05, 3.63) is 0 Å². The average molecular weight is 598 g/mol. The summed E-state index contributed by atoms with van der Waals surface area (Å²) in [5.74, 6) is -4.93. The maximum absolute atomic E-state index is 13.5. The topological polar surface area (TPSA) is 137 Å². The summed E-state index contributed by atoms with van der Waals surface area (Å²) in [7, 11) is 1.18. The minimum Gasteiger partial charge on any atom is -0.469 e. The van der Waals surface area contributed by atoms with Crippen LogP contribution in [0.5, 0.6) is 0 Å². The number of unbranched alkanes of at least 4 members (excludes halogenated alkanes) is 1. The Morgan fingerprint density at radius 2 is 1.71 bits per heavy atom. The number of esters is 3. The number of amides is 1. The highest BCUT2D eigenvalue weighted by Crippen LogP contribution is 2.46. The van der Waals surface area contributed by atoms with Crippen LogP contribution in [0.2, 0.25) is 0 Å². The first-order valence-corrected chi connectivity index (χ1v) is 15.7. The molecule has 0 bridgehead atoms. The minimum absolute atomic E-state index is 0.0181. The van der Waals surface area contributed by atoms with Crippen molar-refractivity contribution >= 4 is 29.6 Å². The average Bonchev–Trinajstić information content (AvgIpc) is 3.19. The zero-order valence-electron chi connectivity index (χ0n) is 27.0. The maximum Gasteiger partial charge on any atom is 0.312 e. The molecular weight excluding hydrogens is 542 g/mol. The van der Waals surface area contributed by atoms with Crippen molar-refractivity contribution in [2.45, 2.75) is 106 Å². The van der Waals surface area contributed by atoms with Gasteiger partial charge in [-0.2, -0.15) is 0 Å². The van der Waals surface area contributed by atoms with E-state index in [0.717, 1.165) is 44.9 Å². The monoisotopic (exact) mass is 597 g/mol. The number of hydrogen-bond acceptors (Lipinski definition) is 9. The Hall–Kier alpha value is -2.49. The van der Waals surface area contributed by atoms with Gasteiger partial charge in [-0.25, -0.2) is 0 Å². The smallest absolute Gasteiger partial charge is 0.312 e. The van der Waals surface area contributed by atoms with Crippen LogP contribution >= 0.6 is 0 Å². The third kappa shape index (κ3) is 10.3. The van der Waals surface area contributed by atoms with Crippen molar-refractivity contribution in [3.63, 3.8) is 0 Å². The van der Waals surface area contributed by atoms with Crippen LogP contribution in [0, 0.1) is 28.6 Å². The zero-order chi connectivity index (χ0) is 31.9. The lowest BCUT2D eigenvalue weighted by Crippen LogP contribution is -2.51. The van der Waals surface area contributed by atoms with Gasteiger partial charge in [0.1, 0.15) is 13.2 Å². The number of nitrogens with zero attached hydrogens (tertiary/aromatic N) is 1. The number of ketones is 1. The molecule has 1 rings (SSSR count). The summed E-state index contributed by atoms with van der Waals surface area (Å²) in [6, 6.07) is 0. The fourth-order valence-corrected chi connectivity index (χ4v) is 6.04. The summed E-state index contributed by atoms with van der Waals surface area (Å²) >= 11 is 0. The summed E-state index contributed by atoms with van der Waals surface area (Å²) < 4.78 is 16.4. The van der Waals surface area contributed by atoms with Gasteiger partial charge in [-0.3, -0.25) is 24.0 Å². The highest BCUT2D eigenvalue weighted by atomic mass is 16.5. The van der Waals surface area contributed by atoms with Crippen LogP contribution < -0.4 is 0 Å². The van der Waals surface area contributed by atoms with Crippen LogP contribution in [0.15, 0.2) is 0 Å². The molecule has 1 amide bonds. The molecule has 0 radical (unpaired) electrons. The van der Waals surface area contributed by atoms with E-state index in [4.69, 9.17) is 14.2 Å². The van der Waals surface area contributed by atoms with Crippen molar-refractivity contribution in [2.24, 2.45) is 28.6 Å². The molecule has 5 atom stereocenters. The van der Waals surface area contributed by atoms with Crippen LogP contribution in [0.3, 0.4) is 0 Å². The van der Waals surface area contributed by atoms with Crippen molar-refractivity contribution in [1.29, 1.82) is 0 Å². The van der Waals surface area contributed by atoms with Crippen LogP contribution in [-0.2, 0) is 38.2 Å². The lowest BCUT2D eigenvalue weighted by molar-refractivity contribution is -0.173. The van der Waals surface area contributed by atoms with Gasteiger partial charge in [0.2, 0.25) is 5.91 Å². The second-order valence-electron chi connectivity index (χ2n) is 12.3. The number of ether oxygens (including phenoxy) is 3. The minimum atomic E-state index is -1.65. The molecule has 0 spiro atoms. The Bertz CT molecular complexity index is 906. The number of methoxy groups -OCH3 is 1. The molecule has 1 aliphatic rings. The first kappa shape index (κ1) is 37.5. The van der Waals surface area contributed by atoms with E-state index in [9.17, 15) is 29.1 Å². The standard InChI is InChI=1S/C32H55NO9/c1-8-11-15-24(9-2)21-42-29(38)31(5,10-3)22-32(6,30(39)40-7)27(25(35)20-34)23(4)28(37)41-19-18-33-17-14-12-13-16-26(33)36/h23-24,27,34H,8-22H2,1-7H3. The Kier molecular flexibility index (Phi) is 16.3. The summed E-state index contributed by atoms with van der Waals surface area (Å²) in [6.45, 7) is 10.8. The number of rotatable bonds is 19. The summed E-state index contributed by atoms with van der Waals surface area (Å²) in [5.41, 5.74) is -2.82. The summed E-state index contributed by atoms with van der Waals surface area (Å²) in [5, 5.41) is 9.87. The highest BCUT2D eigenvalue weighted by Gasteiger charge is 2.55. The molecule has 1 N–H and O–H groups in total. The van der Waals surface area contributed by atoms with E-state index in [1.165, 1.54) is 21.0 Å². The SMILES string of the molecule is CCCCC(CC)COC(=O)C(C)(CC)CC(C)(C(=O)OC)C(C(=O)CO)C(C)C(=O)OCCN1CCCCCC1=O. The van der Waals surface area contributed by atoms with E-state index in [1.807, 2.05) is 0 Å². The van der Waals surface area contributed by atoms with E-state index in [-0.39, 0.29) is 38.0 Å². The van der Waals surface area contributed by atoms with Gasteiger partial charge in [-0.15, -0.1) is 0 Å². The highest BCUT2D eigenvalue weighted by molar-refractivity contribution is 5.93. The number of Topliss-reactive ketones (excluding diaryl/α,β-unsaturated/α-hetero) is 1. The second-order valence-corrected chi connectivity index (χ2v) is 12.3. The van der Waals surface area contributed by atoms with Crippen molar-refractivity contribution in [3.8, 4) is 0 Å². The molecular formula is C32H55NO9. The summed E-state index contributed by atoms with van der Waals surface area (Å²) in [4.78, 5) is 67.2.